The Morgan fingerprint density at radius 2 is 1.84 bits per heavy atom. The Morgan fingerprint density at radius 1 is 1.09 bits per heavy atom. The van der Waals surface area contributed by atoms with Crippen molar-refractivity contribution in [1.29, 1.82) is 0 Å². The van der Waals surface area contributed by atoms with Gasteiger partial charge in [0.05, 0.1) is 29.1 Å². The van der Waals surface area contributed by atoms with Gasteiger partial charge in [0.25, 0.3) is 11.1 Å². The van der Waals surface area contributed by atoms with Crippen molar-refractivity contribution in [3.8, 4) is 11.3 Å². The molecule has 162 valence electrons. The summed E-state index contributed by atoms with van der Waals surface area (Å²) in [5.74, 6) is -0.0876. The van der Waals surface area contributed by atoms with Gasteiger partial charge in [0.2, 0.25) is 0 Å². The number of benzene rings is 2. The average molecular weight is 488 g/mol. The number of imide groups is 1. The number of esters is 1. The molecule has 2 heterocycles. The SMILES string of the molecule is COC(=O)c1cc(-c2ccc(/C=C3\SC(=O)N(Cc4ccc(Cl)cc4)C3=O)o2)ccc1Cl. The van der Waals surface area contributed by atoms with Crippen LogP contribution >= 0.6 is 35.0 Å². The summed E-state index contributed by atoms with van der Waals surface area (Å²) in [6, 6.07) is 15.2. The number of rotatable bonds is 5. The number of carbonyl (C=O) groups is 3. The van der Waals surface area contributed by atoms with Crippen LogP contribution in [0, 0.1) is 0 Å². The second kappa shape index (κ2) is 9.24. The summed E-state index contributed by atoms with van der Waals surface area (Å²) in [4.78, 5) is 38.4. The van der Waals surface area contributed by atoms with E-state index in [1.165, 1.54) is 18.1 Å². The summed E-state index contributed by atoms with van der Waals surface area (Å²) in [7, 11) is 1.27. The second-order valence-corrected chi connectivity index (χ2v) is 8.62. The number of hydrogen-bond donors (Lipinski definition) is 0. The van der Waals surface area contributed by atoms with Crippen molar-refractivity contribution < 1.29 is 23.5 Å². The summed E-state index contributed by atoms with van der Waals surface area (Å²) in [5, 5.41) is 0.487. The van der Waals surface area contributed by atoms with Crippen LogP contribution in [0.15, 0.2) is 63.9 Å². The average Bonchev–Trinajstić information content (AvgIpc) is 3.35. The molecule has 0 saturated carbocycles. The third-order valence-electron chi connectivity index (χ3n) is 4.68. The molecule has 1 aromatic heterocycles. The molecule has 1 aliphatic rings. The molecule has 1 saturated heterocycles. The van der Waals surface area contributed by atoms with Crippen LogP contribution in [0.2, 0.25) is 10.0 Å². The van der Waals surface area contributed by atoms with Crippen LogP contribution in [0.1, 0.15) is 21.7 Å². The first-order valence-corrected chi connectivity index (χ1v) is 10.9. The molecule has 0 N–H and O–H groups in total. The lowest BCUT2D eigenvalue weighted by Crippen LogP contribution is -2.27. The smallest absolute Gasteiger partial charge is 0.339 e. The maximum atomic E-state index is 12.7. The molecule has 0 bridgehead atoms. The Labute approximate surface area is 197 Å². The van der Waals surface area contributed by atoms with E-state index in [4.69, 9.17) is 32.4 Å². The fourth-order valence-electron chi connectivity index (χ4n) is 3.07. The highest BCUT2D eigenvalue weighted by Gasteiger charge is 2.35. The van der Waals surface area contributed by atoms with Crippen LogP contribution in [0.5, 0.6) is 0 Å². The van der Waals surface area contributed by atoms with Gasteiger partial charge in [-0.3, -0.25) is 14.5 Å². The van der Waals surface area contributed by atoms with Gasteiger partial charge in [-0.05, 0) is 59.8 Å². The normalized spacial score (nSPS) is 15.0. The molecule has 0 spiro atoms. The minimum Gasteiger partial charge on any atom is -0.465 e. The molecule has 3 aromatic rings. The standard InChI is InChI=1S/C23H15Cl2NO5S/c1-30-22(28)17-10-14(4-8-18(17)25)19-9-7-16(31-19)11-20-21(27)26(23(29)32-20)12-13-2-5-15(24)6-3-13/h2-11H,12H2,1H3/b20-11-. The Bertz CT molecular complexity index is 1250. The molecule has 2 amide bonds. The molecule has 1 fully saturated rings. The largest absolute Gasteiger partial charge is 0.465 e. The van der Waals surface area contributed by atoms with Crippen LogP contribution in [0.4, 0.5) is 4.79 Å². The Morgan fingerprint density at radius 3 is 2.56 bits per heavy atom. The van der Waals surface area contributed by atoms with E-state index in [9.17, 15) is 14.4 Å². The van der Waals surface area contributed by atoms with Crippen LogP contribution in [0.25, 0.3) is 17.4 Å². The number of halogens is 2. The Kier molecular flexibility index (Phi) is 6.41. The summed E-state index contributed by atoms with van der Waals surface area (Å²) in [5.41, 5.74) is 1.63. The lowest BCUT2D eigenvalue weighted by Gasteiger charge is -2.12. The summed E-state index contributed by atoms with van der Waals surface area (Å²) in [6.07, 6.45) is 1.52. The van der Waals surface area contributed by atoms with Gasteiger partial charge in [-0.1, -0.05) is 35.3 Å². The Hall–Kier alpha value is -3.00. The van der Waals surface area contributed by atoms with Crippen molar-refractivity contribution in [1.82, 2.24) is 4.90 Å². The highest BCUT2D eigenvalue weighted by molar-refractivity contribution is 8.18. The zero-order valence-electron chi connectivity index (χ0n) is 16.6. The monoisotopic (exact) mass is 487 g/mol. The highest BCUT2D eigenvalue weighted by Crippen LogP contribution is 2.35. The van der Waals surface area contributed by atoms with E-state index in [0.717, 1.165) is 17.3 Å². The van der Waals surface area contributed by atoms with E-state index in [0.29, 0.717) is 22.1 Å². The van der Waals surface area contributed by atoms with Crippen molar-refractivity contribution in [2.75, 3.05) is 7.11 Å². The quantitative estimate of drug-likeness (QED) is 0.311. The highest BCUT2D eigenvalue weighted by atomic mass is 35.5. The molecule has 2 aromatic carbocycles. The van der Waals surface area contributed by atoms with Gasteiger partial charge in [-0.2, -0.15) is 0 Å². The Balaban J connectivity index is 1.54. The van der Waals surface area contributed by atoms with Gasteiger partial charge in [0, 0.05) is 16.7 Å². The first-order chi connectivity index (χ1) is 15.4. The third-order valence-corrected chi connectivity index (χ3v) is 6.17. The third kappa shape index (κ3) is 4.60. The predicted molar refractivity (Wildman–Crippen MR) is 123 cm³/mol. The minimum atomic E-state index is -0.557. The topological polar surface area (TPSA) is 76.8 Å². The molecular weight excluding hydrogens is 473 g/mol. The van der Waals surface area contributed by atoms with Crippen molar-refractivity contribution in [2.24, 2.45) is 0 Å². The molecule has 0 aliphatic carbocycles. The molecule has 4 rings (SSSR count). The number of amides is 2. The molecular formula is C23H15Cl2NO5S. The number of thioether (sulfide) groups is 1. The molecule has 0 unspecified atom stereocenters. The first kappa shape index (κ1) is 22.2. The van der Waals surface area contributed by atoms with Crippen molar-refractivity contribution in [3.05, 3.63) is 86.4 Å². The maximum absolute atomic E-state index is 12.7. The molecule has 32 heavy (non-hydrogen) atoms. The molecule has 9 heteroatoms. The number of ether oxygens (including phenoxy) is 1. The lowest BCUT2D eigenvalue weighted by atomic mass is 10.1. The van der Waals surface area contributed by atoms with Crippen LogP contribution in [-0.4, -0.2) is 29.1 Å². The van der Waals surface area contributed by atoms with Crippen LogP contribution in [0.3, 0.4) is 0 Å². The summed E-state index contributed by atoms with van der Waals surface area (Å²) in [6.45, 7) is 0.156. The molecule has 0 radical (unpaired) electrons. The van der Waals surface area contributed by atoms with E-state index in [1.54, 1.807) is 54.6 Å². The lowest BCUT2D eigenvalue weighted by molar-refractivity contribution is -0.123. The molecule has 1 aliphatic heterocycles. The van der Waals surface area contributed by atoms with Gasteiger partial charge in [0.1, 0.15) is 11.5 Å². The van der Waals surface area contributed by atoms with Crippen molar-refractivity contribution in [3.63, 3.8) is 0 Å². The van der Waals surface area contributed by atoms with E-state index in [1.807, 2.05) is 0 Å². The van der Waals surface area contributed by atoms with Crippen molar-refractivity contribution in [2.45, 2.75) is 6.54 Å². The fourth-order valence-corrected chi connectivity index (χ4v) is 4.21. The predicted octanol–water partition coefficient (Wildman–Crippen LogP) is 6.28. The van der Waals surface area contributed by atoms with E-state index < -0.39 is 11.9 Å². The van der Waals surface area contributed by atoms with Gasteiger partial charge < -0.3 is 9.15 Å². The molecule has 6 nitrogen and oxygen atoms in total. The van der Waals surface area contributed by atoms with Gasteiger partial charge >= 0.3 is 5.97 Å². The summed E-state index contributed by atoms with van der Waals surface area (Å²) >= 11 is 12.8. The van der Waals surface area contributed by atoms with Gasteiger partial charge in [-0.15, -0.1) is 0 Å². The number of furan rings is 1. The number of carbonyl (C=O) groups excluding carboxylic acids is 3. The number of methoxy groups -OCH3 is 1. The minimum absolute atomic E-state index is 0.156. The van der Waals surface area contributed by atoms with Crippen LogP contribution < -0.4 is 0 Å². The van der Waals surface area contributed by atoms with Crippen LogP contribution in [-0.2, 0) is 16.1 Å². The fraction of sp³-hybridized carbons (Fsp3) is 0.0870. The maximum Gasteiger partial charge on any atom is 0.339 e. The number of hydrogen-bond acceptors (Lipinski definition) is 6. The van der Waals surface area contributed by atoms with E-state index >= 15 is 0 Å². The van der Waals surface area contributed by atoms with Gasteiger partial charge in [-0.25, -0.2) is 4.79 Å². The zero-order chi connectivity index (χ0) is 22.8. The van der Waals surface area contributed by atoms with Crippen molar-refractivity contribution >= 4 is 58.2 Å². The zero-order valence-corrected chi connectivity index (χ0v) is 19.0. The first-order valence-electron chi connectivity index (χ1n) is 9.33. The molecule has 0 atom stereocenters. The number of nitrogens with zero attached hydrogens (tertiary/aromatic N) is 1. The van der Waals surface area contributed by atoms with E-state index in [-0.39, 0.29) is 27.3 Å². The second-order valence-electron chi connectivity index (χ2n) is 6.78. The van der Waals surface area contributed by atoms with E-state index in [2.05, 4.69) is 0 Å². The summed E-state index contributed by atoms with van der Waals surface area (Å²) < 4.78 is 10.5. The van der Waals surface area contributed by atoms with Gasteiger partial charge in [0.15, 0.2) is 0 Å².